The summed E-state index contributed by atoms with van der Waals surface area (Å²) in [7, 11) is 0. The number of rotatable bonds is 6. The molecule has 0 aromatic heterocycles. The van der Waals surface area contributed by atoms with E-state index in [0.29, 0.717) is 17.5 Å². The molecule has 0 aliphatic rings. The third-order valence-corrected chi connectivity index (χ3v) is 3.03. The molecule has 1 rings (SSSR count). The molecule has 2 nitrogen and oxygen atoms in total. The Labute approximate surface area is 113 Å². The van der Waals surface area contributed by atoms with E-state index >= 15 is 0 Å². The first-order chi connectivity index (χ1) is 8.60. The van der Waals surface area contributed by atoms with Gasteiger partial charge in [0.25, 0.3) is 6.43 Å². The maximum atomic E-state index is 12.8. The summed E-state index contributed by atoms with van der Waals surface area (Å²) >= 11 is 3.26. The van der Waals surface area contributed by atoms with Crippen LogP contribution in [0, 0.1) is 0 Å². The van der Waals surface area contributed by atoms with E-state index in [-0.39, 0.29) is 12.2 Å². The fourth-order valence-corrected chi connectivity index (χ4v) is 1.91. The largest absolute Gasteiger partial charge is 0.462 e. The molecule has 5 heteroatoms. The predicted molar refractivity (Wildman–Crippen MR) is 69.5 cm³/mol. The van der Waals surface area contributed by atoms with Gasteiger partial charge < -0.3 is 4.74 Å². The van der Waals surface area contributed by atoms with Gasteiger partial charge in [-0.15, -0.1) is 0 Å². The molecule has 0 unspecified atom stereocenters. The lowest BCUT2D eigenvalue weighted by atomic mass is 10.0. The van der Waals surface area contributed by atoms with E-state index in [4.69, 9.17) is 4.74 Å². The van der Waals surface area contributed by atoms with E-state index in [1.165, 1.54) is 18.2 Å². The normalized spacial score (nSPS) is 10.7. The molecule has 0 aliphatic heterocycles. The molecule has 0 heterocycles. The summed E-state index contributed by atoms with van der Waals surface area (Å²) in [4.78, 5) is 11.5. The number of ether oxygens (including phenoxy) is 1. The highest BCUT2D eigenvalue weighted by Gasteiger charge is 2.15. The molecule has 0 radical (unpaired) electrons. The molecule has 0 saturated carbocycles. The van der Waals surface area contributed by atoms with Crippen molar-refractivity contribution in [2.24, 2.45) is 0 Å². The average Bonchev–Trinajstić information content (AvgIpc) is 2.36. The lowest BCUT2D eigenvalue weighted by Crippen LogP contribution is -2.06. The van der Waals surface area contributed by atoms with Crippen molar-refractivity contribution >= 4 is 21.9 Å². The van der Waals surface area contributed by atoms with Crippen molar-refractivity contribution in [3.05, 3.63) is 34.9 Å². The first-order valence-corrected chi connectivity index (χ1v) is 6.86. The first-order valence-electron chi connectivity index (χ1n) is 5.74. The molecular weight excluding hydrogens is 306 g/mol. The van der Waals surface area contributed by atoms with Crippen LogP contribution in [-0.4, -0.2) is 17.9 Å². The summed E-state index contributed by atoms with van der Waals surface area (Å²) < 4.78 is 30.5. The zero-order valence-electron chi connectivity index (χ0n) is 10.1. The molecule has 1 aromatic rings. The van der Waals surface area contributed by atoms with E-state index in [2.05, 4.69) is 15.9 Å². The Kier molecular flexibility index (Phi) is 6.25. The molecule has 0 atom stereocenters. The van der Waals surface area contributed by atoms with Crippen LogP contribution in [0.2, 0.25) is 0 Å². The molecule has 1 aromatic carbocycles. The lowest BCUT2D eigenvalue weighted by Gasteiger charge is -2.10. The Hall–Kier alpha value is -0.970. The van der Waals surface area contributed by atoms with Gasteiger partial charge in [0.05, 0.1) is 12.2 Å². The average molecular weight is 321 g/mol. The number of esters is 1. The minimum atomic E-state index is -2.52. The van der Waals surface area contributed by atoms with Crippen molar-refractivity contribution in [3.63, 3.8) is 0 Å². The number of hydrogen-bond donors (Lipinski definition) is 0. The third-order valence-electron chi connectivity index (χ3n) is 2.47. The highest BCUT2D eigenvalue weighted by molar-refractivity contribution is 9.09. The molecule has 18 heavy (non-hydrogen) atoms. The molecular formula is C13H15BrF2O2. The monoisotopic (exact) mass is 320 g/mol. The summed E-state index contributed by atoms with van der Waals surface area (Å²) in [6, 6.07) is 4.19. The molecule has 0 bridgehead atoms. The Morgan fingerprint density at radius 1 is 1.44 bits per heavy atom. The highest BCUT2D eigenvalue weighted by atomic mass is 79.9. The second kappa shape index (κ2) is 7.46. The Balaban J connectivity index is 3.00. The van der Waals surface area contributed by atoms with Gasteiger partial charge in [0.1, 0.15) is 0 Å². The molecule has 0 aliphatic carbocycles. The van der Waals surface area contributed by atoms with Gasteiger partial charge in [-0.3, -0.25) is 0 Å². The summed E-state index contributed by atoms with van der Waals surface area (Å²) in [5.74, 6) is -0.474. The smallest absolute Gasteiger partial charge is 0.338 e. The van der Waals surface area contributed by atoms with Gasteiger partial charge in [-0.1, -0.05) is 22.0 Å². The fraction of sp³-hybridized carbons (Fsp3) is 0.462. The minimum Gasteiger partial charge on any atom is -0.462 e. The number of alkyl halides is 3. The number of benzene rings is 1. The van der Waals surface area contributed by atoms with Gasteiger partial charge in [-0.05, 0) is 37.5 Å². The van der Waals surface area contributed by atoms with Crippen molar-refractivity contribution in [1.29, 1.82) is 0 Å². The van der Waals surface area contributed by atoms with Gasteiger partial charge in [-0.2, -0.15) is 0 Å². The zero-order chi connectivity index (χ0) is 13.5. The second-order valence-corrected chi connectivity index (χ2v) is 4.52. The quantitative estimate of drug-likeness (QED) is 0.582. The Bertz CT molecular complexity index is 408. The molecule has 0 amide bonds. The van der Waals surface area contributed by atoms with Crippen molar-refractivity contribution in [2.75, 3.05) is 11.9 Å². The van der Waals surface area contributed by atoms with Crippen LogP contribution in [0.4, 0.5) is 8.78 Å². The van der Waals surface area contributed by atoms with E-state index in [1.807, 2.05) is 0 Å². The van der Waals surface area contributed by atoms with Gasteiger partial charge >= 0.3 is 5.97 Å². The Morgan fingerprint density at radius 3 is 2.72 bits per heavy atom. The second-order valence-electron chi connectivity index (χ2n) is 3.73. The molecule has 0 N–H and O–H groups in total. The van der Waals surface area contributed by atoms with Crippen LogP contribution < -0.4 is 0 Å². The van der Waals surface area contributed by atoms with Crippen LogP contribution in [0.5, 0.6) is 0 Å². The standard InChI is InChI=1S/C13H15BrF2O2/c1-2-18-13(17)10-5-6-11(12(15)16)9(8-10)4-3-7-14/h5-6,8,12H,2-4,7H2,1H3. The van der Waals surface area contributed by atoms with Crippen LogP contribution in [0.1, 0.15) is 41.3 Å². The maximum absolute atomic E-state index is 12.8. The molecule has 0 saturated heterocycles. The van der Waals surface area contributed by atoms with Crippen LogP contribution >= 0.6 is 15.9 Å². The van der Waals surface area contributed by atoms with E-state index in [9.17, 15) is 13.6 Å². The Morgan fingerprint density at radius 2 is 2.17 bits per heavy atom. The summed E-state index contributed by atoms with van der Waals surface area (Å²) in [6.45, 7) is 1.98. The number of halogens is 3. The van der Waals surface area contributed by atoms with Crippen LogP contribution in [0.3, 0.4) is 0 Å². The van der Waals surface area contributed by atoms with Crippen LogP contribution in [0.15, 0.2) is 18.2 Å². The molecule has 0 fully saturated rings. The molecule has 0 spiro atoms. The van der Waals surface area contributed by atoms with E-state index < -0.39 is 12.4 Å². The van der Waals surface area contributed by atoms with Crippen molar-refractivity contribution in [1.82, 2.24) is 0 Å². The lowest BCUT2D eigenvalue weighted by molar-refractivity contribution is 0.0526. The van der Waals surface area contributed by atoms with Gasteiger partial charge in [0.2, 0.25) is 0 Å². The summed E-state index contributed by atoms with van der Waals surface area (Å²) in [5.41, 5.74) is 0.824. The van der Waals surface area contributed by atoms with Gasteiger partial charge in [0.15, 0.2) is 0 Å². The first kappa shape index (κ1) is 15.1. The van der Waals surface area contributed by atoms with E-state index in [0.717, 1.165) is 11.8 Å². The predicted octanol–water partition coefficient (Wildman–Crippen LogP) is 4.13. The summed E-state index contributed by atoms with van der Waals surface area (Å²) in [5, 5.41) is 0.735. The van der Waals surface area contributed by atoms with Crippen molar-refractivity contribution in [3.8, 4) is 0 Å². The van der Waals surface area contributed by atoms with Gasteiger partial charge in [-0.25, -0.2) is 13.6 Å². The van der Waals surface area contributed by atoms with E-state index in [1.54, 1.807) is 6.92 Å². The van der Waals surface area contributed by atoms with Crippen LogP contribution in [-0.2, 0) is 11.2 Å². The maximum Gasteiger partial charge on any atom is 0.338 e. The SMILES string of the molecule is CCOC(=O)c1ccc(C(F)F)c(CCCBr)c1. The topological polar surface area (TPSA) is 26.3 Å². The summed E-state index contributed by atoms with van der Waals surface area (Å²) in [6.07, 6.45) is -1.27. The van der Waals surface area contributed by atoms with Crippen molar-refractivity contribution in [2.45, 2.75) is 26.2 Å². The number of aryl methyl sites for hydroxylation is 1. The van der Waals surface area contributed by atoms with Gasteiger partial charge in [0, 0.05) is 10.9 Å². The number of hydrogen-bond acceptors (Lipinski definition) is 2. The molecule has 100 valence electrons. The zero-order valence-corrected chi connectivity index (χ0v) is 11.7. The van der Waals surface area contributed by atoms with Crippen molar-refractivity contribution < 1.29 is 18.3 Å². The van der Waals surface area contributed by atoms with Crippen LogP contribution in [0.25, 0.3) is 0 Å². The number of carbonyl (C=O) groups is 1. The third kappa shape index (κ3) is 4.05. The minimum absolute atomic E-state index is 0.0102. The fourth-order valence-electron chi connectivity index (χ4n) is 1.63. The number of carbonyl (C=O) groups excluding carboxylic acids is 1. The highest BCUT2D eigenvalue weighted by Crippen LogP contribution is 2.25.